The van der Waals surface area contributed by atoms with Gasteiger partial charge in [0.1, 0.15) is 5.82 Å². The molecule has 0 radical (unpaired) electrons. The van der Waals surface area contributed by atoms with Crippen molar-refractivity contribution in [2.24, 2.45) is 11.8 Å². The Morgan fingerprint density at radius 1 is 1.30 bits per heavy atom. The van der Waals surface area contributed by atoms with Gasteiger partial charge in [-0.15, -0.1) is 0 Å². The van der Waals surface area contributed by atoms with Gasteiger partial charge in [-0.3, -0.25) is 4.79 Å². The molecule has 5 nitrogen and oxygen atoms in total. The van der Waals surface area contributed by atoms with Gasteiger partial charge in [0, 0.05) is 31.7 Å². The average molecular weight is 315 g/mol. The number of pyridine rings is 1. The van der Waals surface area contributed by atoms with Gasteiger partial charge in [-0.2, -0.15) is 0 Å². The van der Waals surface area contributed by atoms with E-state index in [2.05, 4.69) is 24.1 Å². The molecule has 2 aromatic rings. The number of aliphatic hydroxyl groups is 1. The molecule has 0 aliphatic carbocycles. The number of carbonyl (C=O) groups excluding carboxylic acids is 1. The molecule has 2 aromatic heterocycles. The van der Waals surface area contributed by atoms with Crippen molar-refractivity contribution >= 4 is 5.91 Å². The first-order chi connectivity index (χ1) is 11.1. The third kappa shape index (κ3) is 5.21. The molecule has 2 rings (SSSR count). The van der Waals surface area contributed by atoms with Crippen molar-refractivity contribution < 1.29 is 9.90 Å². The van der Waals surface area contributed by atoms with E-state index in [-0.39, 0.29) is 12.5 Å². The molecular weight excluding hydrogens is 290 g/mol. The van der Waals surface area contributed by atoms with E-state index in [4.69, 9.17) is 5.11 Å². The van der Waals surface area contributed by atoms with Gasteiger partial charge in [0.05, 0.1) is 5.56 Å². The van der Waals surface area contributed by atoms with Crippen molar-refractivity contribution in [3.8, 4) is 5.82 Å². The molecule has 124 valence electrons. The molecule has 0 aliphatic rings. The van der Waals surface area contributed by atoms with Crippen LogP contribution in [0, 0.1) is 11.8 Å². The summed E-state index contributed by atoms with van der Waals surface area (Å²) in [7, 11) is 0. The lowest BCUT2D eigenvalue weighted by molar-refractivity contribution is 0.0941. The van der Waals surface area contributed by atoms with E-state index in [9.17, 15) is 4.79 Å². The summed E-state index contributed by atoms with van der Waals surface area (Å²) < 4.78 is 1.89. The SMILES string of the molecule is CC(C)CC(CCO)CNC(=O)c1ccc(-n2cccc2)nc1. The average Bonchev–Trinajstić information content (AvgIpc) is 3.06. The number of aromatic nitrogens is 2. The topological polar surface area (TPSA) is 67.2 Å². The van der Waals surface area contributed by atoms with E-state index in [1.807, 2.05) is 35.2 Å². The van der Waals surface area contributed by atoms with Gasteiger partial charge >= 0.3 is 0 Å². The van der Waals surface area contributed by atoms with Crippen molar-refractivity contribution in [1.29, 1.82) is 0 Å². The van der Waals surface area contributed by atoms with Crippen molar-refractivity contribution in [2.75, 3.05) is 13.2 Å². The highest BCUT2D eigenvalue weighted by Gasteiger charge is 2.13. The molecule has 5 heteroatoms. The van der Waals surface area contributed by atoms with E-state index in [1.54, 1.807) is 12.3 Å². The van der Waals surface area contributed by atoms with Crippen LogP contribution in [0.2, 0.25) is 0 Å². The molecule has 0 spiro atoms. The standard InChI is InChI=1S/C18H25N3O2/c1-14(2)11-15(7-10-22)12-20-18(23)16-5-6-17(19-13-16)21-8-3-4-9-21/h3-6,8-9,13-15,22H,7,10-12H2,1-2H3,(H,20,23). The zero-order valence-corrected chi connectivity index (χ0v) is 13.8. The van der Waals surface area contributed by atoms with Gasteiger partial charge in [0.25, 0.3) is 5.91 Å². The Hall–Kier alpha value is -2.14. The van der Waals surface area contributed by atoms with E-state index in [0.717, 1.165) is 12.2 Å². The third-order valence-electron chi connectivity index (χ3n) is 3.77. The molecule has 0 aliphatic heterocycles. The molecule has 0 fully saturated rings. The van der Waals surface area contributed by atoms with Gasteiger partial charge in [0.15, 0.2) is 0 Å². The van der Waals surface area contributed by atoms with E-state index < -0.39 is 0 Å². The number of hydrogen-bond donors (Lipinski definition) is 2. The van der Waals surface area contributed by atoms with Crippen molar-refractivity contribution in [3.05, 3.63) is 48.4 Å². The van der Waals surface area contributed by atoms with Crippen LogP contribution in [0.15, 0.2) is 42.9 Å². The lowest BCUT2D eigenvalue weighted by Crippen LogP contribution is -2.30. The predicted octanol–water partition coefficient (Wildman–Crippen LogP) is 2.65. The van der Waals surface area contributed by atoms with E-state index in [1.165, 1.54) is 0 Å². The number of aliphatic hydroxyl groups excluding tert-OH is 1. The highest BCUT2D eigenvalue weighted by Crippen LogP contribution is 2.14. The summed E-state index contributed by atoms with van der Waals surface area (Å²) >= 11 is 0. The Labute approximate surface area is 137 Å². The van der Waals surface area contributed by atoms with Crippen LogP contribution in [0.1, 0.15) is 37.0 Å². The Kier molecular flexibility index (Phi) is 6.35. The molecule has 0 aromatic carbocycles. The maximum absolute atomic E-state index is 12.2. The second kappa shape index (κ2) is 8.48. The van der Waals surface area contributed by atoms with Crippen molar-refractivity contribution in [3.63, 3.8) is 0 Å². The first-order valence-electron chi connectivity index (χ1n) is 8.08. The van der Waals surface area contributed by atoms with Crippen LogP contribution in [-0.2, 0) is 0 Å². The van der Waals surface area contributed by atoms with Gasteiger partial charge in [-0.05, 0) is 48.9 Å². The molecule has 1 atom stereocenters. The third-order valence-corrected chi connectivity index (χ3v) is 3.77. The molecular formula is C18H25N3O2. The minimum absolute atomic E-state index is 0.122. The lowest BCUT2D eigenvalue weighted by Gasteiger charge is -2.18. The fraction of sp³-hybridized carbons (Fsp3) is 0.444. The summed E-state index contributed by atoms with van der Waals surface area (Å²) in [6.45, 7) is 5.03. The van der Waals surface area contributed by atoms with E-state index in [0.29, 0.717) is 30.4 Å². The molecule has 23 heavy (non-hydrogen) atoms. The second-order valence-electron chi connectivity index (χ2n) is 6.21. The summed E-state index contributed by atoms with van der Waals surface area (Å²) in [6.07, 6.45) is 7.12. The fourth-order valence-corrected chi connectivity index (χ4v) is 2.65. The summed E-state index contributed by atoms with van der Waals surface area (Å²) in [4.78, 5) is 16.5. The zero-order chi connectivity index (χ0) is 16.7. The van der Waals surface area contributed by atoms with Gasteiger partial charge in [-0.1, -0.05) is 13.8 Å². The first-order valence-corrected chi connectivity index (χ1v) is 8.08. The largest absolute Gasteiger partial charge is 0.396 e. The molecule has 1 unspecified atom stereocenters. The summed E-state index contributed by atoms with van der Waals surface area (Å²) in [6, 6.07) is 7.46. The number of nitrogens with zero attached hydrogens (tertiary/aromatic N) is 2. The quantitative estimate of drug-likeness (QED) is 0.787. The monoisotopic (exact) mass is 315 g/mol. The highest BCUT2D eigenvalue weighted by atomic mass is 16.3. The van der Waals surface area contributed by atoms with Gasteiger partial charge < -0.3 is 15.0 Å². The number of nitrogens with one attached hydrogen (secondary N) is 1. The minimum Gasteiger partial charge on any atom is -0.396 e. The van der Waals surface area contributed by atoms with Gasteiger partial charge in [-0.25, -0.2) is 4.98 Å². The Bertz CT molecular complexity index is 591. The number of hydrogen-bond acceptors (Lipinski definition) is 3. The summed E-state index contributed by atoms with van der Waals surface area (Å²) in [5, 5.41) is 12.1. The summed E-state index contributed by atoms with van der Waals surface area (Å²) in [5.41, 5.74) is 0.549. The zero-order valence-electron chi connectivity index (χ0n) is 13.8. The van der Waals surface area contributed by atoms with Crippen LogP contribution in [0.25, 0.3) is 5.82 Å². The van der Waals surface area contributed by atoms with Crippen LogP contribution in [0.5, 0.6) is 0 Å². The van der Waals surface area contributed by atoms with Crippen LogP contribution < -0.4 is 5.32 Å². The maximum Gasteiger partial charge on any atom is 0.252 e. The number of amides is 1. The summed E-state index contributed by atoms with van der Waals surface area (Å²) in [5.74, 6) is 1.51. The van der Waals surface area contributed by atoms with Crippen LogP contribution in [0.4, 0.5) is 0 Å². The normalized spacial score (nSPS) is 12.3. The highest BCUT2D eigenvalue weighted by molar-refractivity contribution is 5.93. The van der Waals surface area contributed by atoms with Crippen molar-refractivity contribution in [2.45, 2.75) is 26.7 Å². The van der Waals surface area contributed by atoms with Crippen LogP contribution in [0.3, 0.4) is 0 Å². The predicted molar refractivity (Wildman–Crippen MR) is 90.5 cm³/mol. The van der Waals surface area contributed by atoms with Gasteiger partial charge in [0.2, 0.25) is 0 Å². The minimum atomic E-state index is -0.122. The molecule has 0 saturated heterocycles. The molecule has 2 heterocycles. The van der Waals surface area contributed by atoms with Crippen LogP contribution in [-0.4, -0.2) is 33.7 Å². The Morgan fingerprint density at radius 2 is 2.04 bits per heavy atom. The molecule has 0 saturated carbocycles. The smallest absolute Gasteiger partial charge is 0.252 e. The lowest BCUT2D eigenvalue weighted by atomic mass is 9.94. The second-order valence-corrected chi connectivity index (χ2v) is 6.21. The number of carbonyl (C=O) groups is 1. The fourth-order valence-electron chi connectivity index (χ4n) is 2.65. The molecule has 2 N–H and O–H groups in total. The van der Waals surface area contributed by atoms with Crippen LogP contribution >= 0.6 is 0 Å². The Morgan fingerprint density at radius 3 is 2.61 bits per heavy atom. The molecule has 1 amide bonds. The Balaban J connectivity index is 1.92. The first kappa shape index (κ1) is 17.2. The molecule has 0 bridgehead atoms. The number of rotatable bonds is 8. The van der Waals surface area contributed by atoms with E-state index >= 15 is 0 Å². The maximum atomic E-state index is 12.2. The van der Waals surface area contributed by atoms with Crippen molar-refractivity contribution in [1.82, 2.24) is 14.9 Å².